The summed E-state index contributed by atoms with van der Waals surface area (Å²) in [5, 5.41) is 5.92. The quantitative estimate of drug-likeness (QED) is 0.133. The third-order valence-electron chi connectivity index (χ3n) is 8.29. The molecule has 2 unspecified atom stereocenters. The molecule has 262 valence electrons. The van der Waals surface area contributed by atoms with Crippen LogP contribution in [0.4, 0.5) is 11.4 Å². The molecule has 0 spiro atoms. The van der Waals surface area contributed by atoms with E-state index >= 15 is 0 Å². The van der Waals surface area contributed by atoms with E-state index in [0.717, 1.165) is 30.4 Å². The average molecular weight is 677 g/mol. The van der Waals surface area contributed by atoms with Crippen molar-refractivity contribution in [3.8, 4) is 0 Å². The Bertz CT molecular complexity index is 1680. The predicted octanol–water partition coefficient (Wildman–Crippen LogP) is 6.00. The molecule has 1 aromatic heterocycles. The van der Waals surface area contributed by atoms with Gasteiger partial charge in [0.25, 0.3) is 5.91 Å². The molecule has 0 saturated carbocycles. The minimum Gasteiger partial charge on any atom is -0.399 e. The summed E-state index contributed by atoms with van der Waals surface area (Å²) in [6, 6.07) is 17.4. The van der Waals surface area contributed by atoms with Gasteiger partial charge in [0.15, 0.2) is 0 Å². The number of carbonyl (C=O) groups is 4. The van der Waals surface area contributed by atoms with Gasteiger partial charge in [-0.15, -0.1) is 0 Å². The molecule has 0 radical (unpaired) electrons. The zero-order valence-electron chi connectivity index (χ0n) is 29.2. The summed E-state index contributed by atoms with van der Waals surface area (Å²) < 4.78 is 0. The number of nitrogens with one attached hydrogen (secondary N) is 2. The molecule has 1 saturated heterocycles. The third-order valence-corrected chi connectivity index (χ3v) is 8.29. The molecule has 2 heterocycles. The van der Waals surface area contributed by atoms with Gasteiger partial charge in [-0.1, -0.05) is 63.3 Å². The maximum absolute atomic E-state index is 13.3. The zero-order valence-corrected chi connectivity index (χ0v) is 29.2. The monoisotopic (exact) mass is 676 g/mol. The van der Waals surface area contributed by atoms with Crippen molar-refractivity contribution in [2.24, 2.45) is 5.92 Å². The van der Waals surface area contributed by atoms with Gasteiger partial charge in [-0.2, -0.15) is 0 Å². The van der Waals surface area contributed by atoms with E-state index in [1.54, 1.807) is 52.5 Å². The number of allylic oxidation sites excluding steroid dienone is 4. The highest BCUT2D eigenvalue weighted by atomic mass is 16.2. The van der Waals surface area contributed by atoms with E-state index in [9.17, 15) is 19.2 Å². The van der Waals surface area contributed by atoms with Crippen molar-refractivity contribution >= 4 is 41.1 Å². The number of nitrogens with zero attached hydrogens (tertiary/aromatic N) is 3. The summed E-state index contributed by atoms with van der Waals surface area (Å²) in [6.45, 7) is 7.04. The molecule has 2 aromatic carbocycles. The van der Waals surface area contributed by atoms with Crippen molar-refractivity contribution in [3.63, 3.8) is 0 Å². The Kier molecular flexibility index (Phi) is 14.1. The smallest absolute Gasteiger partial charge is 0.254 e. The van der Waals surface area contributed by atoms with E-state index in [4.69, 9.17) is 5.73 Å². The number of aromatic nitrogens is 1. The van der Waals surface area contributed by atoms with Gasteiger partial charge in [0.05, 0.1) is 13.0 Å². The molecule has 1 aliphatic heterocycles. The molecule has 0 aliphatic carbocycles. The number of anilines is 2. The van der Waals surface area contributed by atoms with Crippen LogP contribution in [0.15, 0.2) is 103 Å². The first-order valence-electron chi connectivity index (χ1n) is 17.3. The van der Waals surface area contributed by atoms with Crippen molar-refractivity contribution < 1.29 is 19.2 Å². The van der Waals surface area contributed by atoms with Crippen LogP contribution in [-0.2, 0) is 20.8 Å². The number of likely N-dealkylation sites (tertiary alicyclic amines) is 1. The topological polar surface area (TPSA) is 138 Å². The highest BCUT2D eigenvalue weighted by Gasteiger charge is 2.34. The lowest BCUT2D eigenvalue weighted by Gasteiger charge is -2.24. The summed E-state index contributed by atoms with van der Waals surface area (Å²) in [4.78, 5) is 59.3. The first-order valence-corrected chi connectivity index (χ1v) is 17.3. The third kappa shape index (κ3) is 11.3. The SMILES string of the molecule is CC/C=C(\C=C/C(C)/C=C/c1ccc(NC(=O)CN(CCC)C(=O)Cc2cccnc2)cc1)NC(=O)C1CCCN1C(=O)c1ccc(N)cc1. The highest BCUT2D eigenvalue weighted by molar-refractivity contribution is 5.98. The Morgan fingerprint density at radius 3 is 2.48 bits per heavy atom. The van der Waals surface area contributed by atoms with Gasteiger partial charge in [-0.25, -0.2) is 0 Å². The van der Waals surface area contributed by atoms with Crippen LogP contribution >= 0.6 is 0 Å². The van der Waals surface area contributed by atoms with Crippen LogP contribution in [0, 0.1) is 5.92 Å². The van der Waals surface area contributed by atoms with Gasteiger partial charge in [-0.05, 0) is 91.3 Å². The van der Waals surface area contributed by atoms with E-state index < -0.39 is 6.04 Å². The van der Waals surface area contributed by atoms with Crippen molar-refractivity contribution in [1.29, 1.82) is 0 Å². The number of nitrogens with two attached hydrogens (primary N) is 1. The fraction of sp³-hybridized carbons (Fsp3) is 0.325. The number of hydrogen-bond acceptors (Lipinski definition) is 6. The van der Waals surface area contributed by atoms with E-state index in [1.165, 1.54) is 0 Å². The van der Waals surface area contributed by atoms with E-state index in [2.05, 4.69) is 28.6 Å². The van der Waals surface area contributed by atoms with Crippen LogP contribution < -0.4 is 16.4 Å². The zero-order chi connectivity index (χ0) is 35.9. The van der Waals surface area contributed by atoms with Crippen LogP contribution in [-0.4, -0.2) is 64.1 Å². The predicted molar refractivity (Wildman–Crippen MR) is 199 cm³/mol. The summed E-state index contributed by atoms with van der Waals surface area (Å²) >= 11 is 0. The molecular formula is C40H48N6O4. The van der Waals surface area contributed by atoms with E-state index in [1.807, 2.05) is 68.5 Å². The number of hydrogen-bond donors (Lipinski definition) is 3. The van der Waals surface area contributed by atoms with Crippen molar-refractivity contribution in [2.45, 2.75) is 58.9 Å². The Labute approximate surface area is 295 Å². The van der Waals surface area contributed by atoms with Crippen molar-refractivity contribution in [1.82, 2.24) is 20.1 Å². The molecule has 4 amide bonds. The van der Waals surface area contributed by atoms with Gasteiger partial charge in [0.2, 0.25) is 17.7 Å². The molecule has 1 aliphatic rings. The molecule has 10 nitrogen and oxygen atoms in total. The first kappa shape index (κ1) is 37.3. The fourth-order valence-corrected chi connectivity index (χ4v) is 5.66. The number of rotatable bonds is 15. The number of amides is 4. The van der Waals surface area contributed by atoms with Gasteiger partial charge >= 0.3 is 0 Å². The van der Waals surface area contributed by atoms with Crippen LogP contribution in [0.2, 0.25) is 0 Å². The number of pyridine rings is 1. The summed E-state index contributed by atoms with van der Waals surface area (Å²) in [6.07, 6.45) is 16.3. The largest absolute Gasteiger partial charge is 0.399 e. The second-order valence-corrected chi connectivity index (χ2v) is 12.4. The summed E-state index contributed by atoms with van der Waals surface area (Å²) in [7, 11) is 0. The lowest BCUT2D eigenvalue weighted by Crippen LogP contribution is -2.45. The lowest BCUT2D eigenvalue weighted by molar-refractivity contribution is -0.134. The maximum atomic E-state index is 13.3. The normalized spacial score (nSPS) is 15.3. The van der Waals surface area contributed by atoms with Crippen LogP contribution in [0.1, 0.15) is 67.9 Å². The number of carbonyl (C=O) groups excluding carboxylic acids is 4. The minimum atomic E-state index is -0.533. The van der Waals surface area contributed by atoms with Gasteiger partial charge in [-0.3, -0.25) is 24.2 Å². The molecular weight excluding hydrogens is 628 g/mol. The summed E-state index contributed by atoms with van der Waals surface area (Å²) in [5.74, 6) is -0.662. The van der Waals surface area contributed by atoms with Crippen LogP contribution in [0.5, 0.6) is 0 Å². The van der Waals surface area contributed by atoms with E-state index in [-0.39, 0.29) is 42.5 Å². The molecule has 1 fully saturated rings. The molecule has 10 heteroatoms. The molecule has 50 heavy (non-hydrogen) atoms. The van der Waals surface area contributed by atoms with Gasteiger partial charge in [0, 0.05) is 48.1 Å². The Morgan fingerprint density at radius 1 is 1.04 bits per heavy atom. The van der Waals surface area contributed by atoms with Crippen molar-refractivity contribution in [2.75, 3.05) is 30.7 Å². The van der Waals surface area contributed by atoms with Gasteiger partial charge < -0.3 is 26.2 Å². The molecule has 3 aromatic rings. The molecule has 2 atom stereocenters. The molecule has 4 rings (SSSR count). The second-order valence-electron chi connectivity index (χ2n) is 12.4. The van der Waals surface area contributed by atoms with Gasteiger partial charge in [0.1, 0.15) is 6.04 Å². The Balaban J connectivity index is 1.28. The van der Waals surface area contributed by atoms with E-state index in [0.29, 0.717) is 42.1 Å². The lowest BCUT2D eigenvalue weighted by atomic mass is 10.1. The van der Waals surface area contributed by atoms with Crippen LogP contribution in [0.25, 0.3) is 6.08 Å². The Hall–Kier alpha value is -5.51. The number of benzene rings is 2. The highest BCUT2D eigenvalue weighted by Crippen LogP contribution is 2.22. The maximum Gasteiger partial charge on any atom is 0.254 e. The molecule has 0 bridgehead atoms. The minimum absolute atomic E-state index is 0.0198. The molecule has 4 N–H and O–H groups in total. The average Bonchev–Trinajstić information content (AvgIpc) is 3.61. The first-order chi connectivity index (χ1) is 24.2. The standard InChI is InChI=1S/C40H48N6O4/c1-4-8-34(44-39(49)36-10-7-25-46(36)40(50)32-16-18-33(41)19-17-32)20-12-29(3)11-13-30-14-21-35(22-15-30)43-37(47)28-45(24-5-2)38(48)26-31-9-6-23-42-27-31/h6,8-9,11-23,27,29,36H,4-5,7,10,24-26,28,41H2,1-3H3,(H,43,47)(H,44,49)/b13-11+,20-12-,34-8+. The second kappa shape index (κ2) is 18.9. The van der Waals surface area contributed by atoms with Crippen LogP contribution in [0.3, 0.4) is 0 Å². The number of nitrogen functional groups attached to an aromatic ring is 1. The summed E-state index contributed by atoms with van der Waals surface area (Å²) in [5.41, 5.74) is 9.99. The van der Waals surface area contributed by atoms with Crippen molar-refractivity contribution in [3.05, 3.63) is 120 Å². The fourth-order valence-electron chi connectivity index (χ4n) is 5.66. The Morgan fingerprint density at radius 2 is 1.80 bits per heavy atom.